The summed E-state index contributed by atoms with van der Waals surface area (Å²) in [7, 11) is 0. The highest BCUT2D eigenvalue weighted by Gasteiger charge is 2.13. The van der Waals surface area contributed by atoms with Gasteiger partial charge in [-0.15, -0.1) is 0 Å². The summed E-state index contributed by atoms with van der Waals surface area (Å²) in [5.41, 5.74) is 1.81. The molecule has 2 heterocycles. The molecule has 0 unspecified atom stereocenters. The second-order valence-corrected chi connectivity index (χ2v) is 6.10. The Kier molecular flexibility index (Phi) is 4.71. The van der Waals surface area contributed by atoms with Crippen LogP contribution in [0.2, 0.25) is 0 Å². The van der Waals surface area contributed by atoms with Crippen LogP contribution in [0.25, 0.3) is 6.08 Å². The van der Waals surface area contributed by atoms with Crippen molar-refractivity contribution in [2.24, 2.45) is 4.99 Å². The van der Waals surface area contributed by atoms with E-state index in [4.69, 9.17) is 12.2 Å². The summed E-state index contributed by atoms with van der Waals surface area (Å²) in [5.74, 6) is -0.0989. The fourth-order valence-corrected chi connectivity index (χ4v) is 3.12. The summed E-state index contributed by atoms with van der Waals surface area (Å²) in [5, 5.41) is 10.5. The van der Waals surface area contributed by atoms with E-state index < -0.39 is 5.56 Å². The van der Waals surface area contributed by atoms with Crippen LogP contribution in [0.5, 0.6) is 5.88 Å². The largest absolute Gasteiger partial charge is 0.494 e. The van der Waals surface area contributed by atoms with Crippen molar-refractivity contribution in [3.8, 4) is 5.88 Å². The lowest BCUT2D eigenvalue weighted by molar-refractivity contribution is 0.401. The summed E-state index contributed by atoms with van der Waals surface area (Å²) < 4.78 is 1.83. The van der Waals surface area contributed by atoms with E-state index in [0.717, 1.165) is 19.3 Å². The number of aliphatic imine (C=N–C) groups is 1. The van der Waals surface area contributed by atoms with E-state index in [0.29, 0.717) is 12.2 Å². The van der Waals surface area contributed by atoms with Gasteiger partial charge in [0.25, 0.3) is 5.56 Å². The quantitative estimate of drug-likeness (QED) is 0.656. The Morgan fingerprint density at radius 3 is 3.00 bits per heavy atom. The lowest BCUT2D eigenvalue weighted by Crippen LogP contribution is -2.17. The molecule has 0 bridgehead atoms. The van der Waals surface area contributed by atoms with E-state index in [1.54, 1.807) is 29.0 Å². The van der Waals surface area contributed by atoms with Crippen molar-refractivity contribution in [2.45, 2.75) is 38.6 Å². The third-order valence-electron chi connectivity index (χ3n) is 4.12. The number of aromatic amines is 1. The maximum absolute atomic E-state index is 12.1. The van der Waals surface area contributed by atoms with Crippen LogP contribution in [0.15, 0.2) is 39.3 Å². The van der Waals surface area contributed by atoms with Crippen LogP contribution in [0.4, 0.5) is 0 Å². The first kappa shape index (κ1) is 15.7. The lowest BCUT2D eigenvalue weighted by atomic mass is 9.97. The van der Waals surface area contributed by atoms with Crippen LogP contribution in [0.3, 0.4) is 0 Å². The van der Waals surface area contributed by atoms with Crippen LogP contribution < -0.4 is 5.56 Å². The Hall–Kier alpha value is -2.21. The van der Waals surface area contributed by atoms with Crippen molar-refractivity contribution >= 4 is 24.5 Å². The first-order valence-corrected chi connectivity index (χ1v) is 8.22. The van der Waals surface area contributed by atoms with Gasteiger partial charge in [-0.05, 0) is 62.6 Å². The van der Waals surface area contributed by atoms with Crippen molar-refractivity contribution in [3.05, 3.63) is 50.2 Å². The Morgan fingerprint density at radius 1 is 1.43 bits per heavy atom. The molecule has 0 radical (unpaired) electrons. The first-order chi connectivity index (χ1) is 11.1. The molecule has 2 aliphatic rings. The zero-order valence-electron chi connectivity index (χ0n) is 12.8. The number of hydrogen-bond acceptors (Lipinski definition) is 4. The van der Waals surface area contributed by atoms with E-state index in [1.807, 2.05) is 0 Å². The molecule has 23 heavy (non-hydrogen) atoms. The second-order valence-electron chi connectivity index (χ2n) is 5.71. The number of allylic oxidation sites excluding steroid dienone is 4. The molecule has 2 N–H and O–H groups in total. The second kappa shape index (κ2) is 6.91. The van der Waals surface area contributed by atoms with Crippen molar-refractivity contribution in [1.29, 1.82) is 0 Å². The molecule has 120 valence electrons. The van der Waals surface area contributed by atoms with Gasteiger partial charge < -0.3 is 5.11 Å². The van der Waals surface area contributed by atoms with Crippen LogP contribution in [0, 0.1) is 4.77 Å². The third kappa shape index (κ3) is 3.59. The smallest absolute Gasteiger partial charge is 0.262 e. The van der Waals surface area contributed by atoms with Gasteiger partial charge in [0, 0.05) is 12.8 Å². The van der Waals surface area contributed by atoms with Gasteiger partial charge in [0.15, 0.2) is 4.77 Å². The molecule has 0 saturated carbocycles. The van der Waals surface area contributed by atoms with E-state index in [9.17, 15) is 9.90 Å². The van der Waals surface area contributed by atoms with Gasteiger partial charge in [-0.1, -0.05) is 11.6 Å². The van der Waals surface area contributed by atoms with Crippen LogP contribution >= 0.6 is 12.2 Å². The summed E-state index contributed by atoms with van der Waals surface area (Å²) in [6, 6.07) is 0. The molecule has 1 aliphatic heterocycles. The fraction of sp³-hybridized carbons (Fsp3) is 0.353. The highest BCUT2D eigenvalue weighted by molar-refractivity contribution is 7.71. The first-order valence-electron chi connectivity index (χ1n) is 7.81. The topological polar surface area (TPSA) is 70.4 Å². The van der Waals surface area contributed by atoms with Gasteiger partial charge in [-0.3, -0.25) is 19.3 Å². The molecule has 0 spiro atoms. The molecular formula is C17H19N3O2S. The highest BCUT2D eigenvalue weighted by Crippen LogP contribution is 2.23. The molecule has 0 amide bonds. The minimum absolute atomic E-state index is 0.0989. The SMILES string of the molecule is O=c1[nH]c(=S)n(CCC2=CCCCC2)c(O)c1/C=C1/C=CC=N1. The number of rotatable bonds is 4. The van der Waals surface area contributed by atoms with Gasteiger partial charge >= 0.3 is 0 Å². The van der Waals surface area contributed by atoms with Crippen LogP contribution in [-0.4, -0.2) is 20.9 Å². The lowest BCUT2D eigenvalue weighted by Gasteiger charge is -2.15. The molecule has 5 nitrogen and oxygen atoms in total. The van der Waals surface area contributed by atoms with E-state index in [-0.39, 0.29) is 16.2 Å². The predicted molar refractivity (Wildman–Crippen MR) is 94.3 cm³/mol. The standard InChI is InChI=1S/C17H19N3O2S/c21-15-14(11-13-7-4-9-18-13)16(22)20(17(23)19-15)10-8-12-5-2-1-3-6-12/h4-5,7,9,11,22H,1-3,6,8,10H2,(H,19,21,23)/b13-11-. The Morgan fingerprint density at radius 2 is 2.30 bits per heavy atom. The highest BCUT2D eigenvalue weighted by atomic mass is 32.1. The van der Waals surface area contributed by atoms with E-state index in [2.05, 4.69) is 16.1 Å². The van der Waals surface area contributed by atoms with Crippen molar-refractivity contribution in [3.63, 3.8) is 0 Å². The number of aromatic nitrogens is 2. The molecule has 1 aliphatic carbocycles. The Labute approximate surface area is 139 Å². The molecule has 1 aromatic heterocycles. The van der Waals surface area contributed by atoms with E-state index in [1.165, 1.54) is 18.4 Å². The minimum Gasteiger partial charge on any atom is -0.494 e. The minimum atomic E-state index is -0.399. The maximum atomic E-state index is 12.1. The normalized spacial score (nSPS) is 18.6. The third-order valence-corrected chi connectivity index (χ3v) is 4.44. The van der Waals surface area contributed by atoms with Gasteiger partial charge in [-0.2, -0.15) is 0 Å². The summed E-state index contributed by atoms with van der Waals surface area (Å²) in [6.07, 6.45) is 14.6. The number of aromatic hydroxyl groups is 1. The van der Waals surface area contributed by atoms with Gasteiger partial charge in [0.1, 0.15) is 5.56 Å². The molecule has 0 fully saturated rings. The van der Waals surface area contributed by atoms with Crippen LogP contribution in [-0.2, 0) is 6.54 Å². The summed E-state index contributed by atoms with van der Waals surface area (Å²) >= 11 is 5.20. The predicted octanol–water partition coefficient (Wildman–Crippen LogP) is 3.48. The molecule has 0 aromatic carbocycles. The number of hydrogen-bond donors (Lipinski definition) is 2. The molecule has 1 aromatic rings. The average molecular weight is 329 g/mol. The number of H-pyrrole nitrogens is 1. The average Bonchev–Trinajstić information content (AvgIpc) is 3.05. The maximum Gasteiger partial charge on any atom is 0.262 e. The van der Waals surface area contributed by atoms with Gasteiger partial charge in [0.2, 0.25) is 5.88 Å². The van der Waals surface area contributed by atoms with Crippen molar-refractivity contribution in [2.75, 3.05) is 0 Å². The molecular weight excluding hydrogens is 310 g/mol. The zero-order chi connectivity index (χ0) is 16.2. The summed E-state index contributed by atoms with van der Waals surface area (Å²) in [4.78, 5) is 18.8. The Bertz CT molecular complexity index is 826. The van der Waals surface area contributed by atoms with Gasteiger partial charge in [0.05, 0.1) is 5.70 Å². The molecule has 3 rings (SSSR count). The van der Waals surface area contributed by atoms with E-state index >= 15 is 0 Å². The fourth-order valence-electron chi connectivity index (χ4n) is 2.85. The number of nitrogens with one attached hydrogen (secondary N) is 1. The Balaban J connectivity index is 1.90. The molecule has 0 saturated heterocycles. The van der Waals surface area contributed by atoms with Gasteiger partial charge in [-0.25, -0.2) is 0 Å². The summed E-state index contributed by atoms with van der Waals surface area (Å²) in [6.45, 7) is 0.558. The zero-order valence-corrected chi connectivity index (χ0v) is 13.6. The van der Waals surface area contributed by atoms with Crippen molar-refractivity contribution in [1.82, 2.24) is 9.55 Å². The van der Waals surface area contributed by atoms with Crippen molar-refractivity contribution < 1.29 is 5.11 Å². The number of nitrogens with zero attached hydrogens (tertiary/aromatic N) is 2. The molecule has 0 atom stereocenters. The molecule has 6 heteroatoms. The monoisotopic (exact) mass is 329 g/mol. The van der Waals surface area contributed by atoms with Crippen LogP contribution in [0.1, 0.15) is 37.7 Å².